The number of pyridine rings is 1. The van der Waals surface area contributed by atoms with Crippen LogP contribution in [-0.2, 0) is 29.0 Å². The van der Waals surface area contributed by atoms with Gasteiger partial charge in [-0.2, -0.15) is 0 Å². The third-order valence-electron chi connectivity index (χ3n) is 5.68. The van der Waals surface area contributed by atoms with Crippen LogP contribution in [0.25, 0.3) is 10.9 Å². The molecule has 0 saturated heterocycles. The van der Waals surface area contributed by atoms with E-state index in [0.717, 1.165) is 31.1 Å². The summed E-state index contributed by atoms with van der Waals surface area (Å²) in [7, 11) is 2.17. The molecule has 3 aromatic rings. The van der Waals surface area contributed by atoms with E-state index in [0.29, 0.717) is 6.54 Å². The molecule has 6 heteroatoms. The Hall–Kier alpha value is -2.96. The lowest BCUT2D eigenvalue weighted by atomic mass is 10.0. The summed E-state index contributed by atoms with van der Waals surface area (Å²) in [5.74, 6) is -0.968. The van der Waals surface area contributed by atoms with E-state index in [1.807, 2.05) is 12.1 Å². The average molecular weight is 405 g/mol. The molecule has 30 heavy (non-hydrogen) atoms. The normalized spacial score (nSPS) is 15.5. The lowest BCUT2D eigenvalue weighted by Crippen LogP contribution is -2.28. The Morgan fingerprint density at radius 3 is 2.87 bits per heavy atom. The Kier molecular flexibility index (Phi) is 5.97. The first-order chi connectivity index (χ1) is 14.5. The van der Waals surface area contributed by atoms with Crippen LogP contribution in [0.15, 0.2) is 54.9 Å². The van der Waals surface area contributed by atoms with Crippen LogP contribution in [0, 0.1) is 6.92 Å². The maximum Gasteiger partial charge on any atom is 0.328 e. The van der Waals surface area contributed by atoms with Crippen LogP contribution in [-0.4, -0.2) is 45.7 Å². The standard InChI is InChI=1S/C24H27N3O3/c1-17-5-6-21-19(14-17)20-15-26(2)12-9-22(20)27(21)16-23(18-7-10-25-11-8-18)30-13-3-4-24(28)29/h3-8,10-11,14,23H,9,12-13,15-16H2,1-2H3,(H,28,29). The van der Waals surface area contributed by atoms with Crippen molar-refractivity contribution in [3.8, 4) is 0 Å². The molecule has 1 aliphatic heterocycles. The molecule has 0 bridgehead atoms. The number of benzene rings is 1. The van der Waals surface area contributed by atoms with Crippen molar-refractivity contribution in [3.05, 3.63) is 77.3 Å². The van der Waals surface area contributed by atoms with Gasteiger partial charge >= 0.3 is 5.97 Å². The Balaban J connectivity index is 1.71. The smallest absolute Gasteiger partial charge is 0.328 e. The van der Waals surface area contributed by atoms with Crippen molar-refractivity contribution in [2.75, 3.05) is 20.2 Å². The van der Waals surface area contributed by atoms with E-state index in [1.165, 1.54) is 33.8 Å². The van der Waals surface area contributed by atoms with E-state index in [9.17, 15) is 4.79 Å². The highest BCUT2D eigenvalue weighted by Gasteiger charge is 2.24. The summed E-state index contributed by atoms with van der Waals surface area (Å²) in [6.07, 6.45) is 6.99. The van der Waals surface area contributed by atoms with Crippen molar-refractivity contribution in [1.82, 2.24) is 14.5 Å². The second kappa shape index (κ2) is 8.81. The van der Waals surface area contributed by atoms with Crippen molar-refractivity contribution in [1.29, 1.82) is 0 Å². The van der Waals surface area contributed by atoms with Gasteiger partial charge in [0.15, 0.2) is 0 Å². The maximum absolute atomic E-state index is 10.8. The van der Waals surface area contributed by atoms with Crippen LogP contribution in [0.5, 0.6) is 0 Å². The highest BCUT2D eigenvalue weighted by Crippen LogP contribution is 2.33. The lowest BCUT2D eigenvalue weighted by molar-refractivity contribution is -0.131. The third-order valence-corrected chi connectivity index (χ3v) is 5.68. The van der Waals surface area contributed by atoms with Crippen LogP contribution < -0.4 is 0 Å². The van der Waals surface area contributed by atoms with E-state index in [-0.39, 0.29) is 12.7 Å². The number of aliphatic carboxylic acids is 1. The molecule has 0 amide bonds. The van der Waals surface area contributed by atoms with Gasteiger partial charge in [-0.1, -0.05) is 17.7 Å². The van der Waals surface area contributed by atoms with E-state index in [4.69, 9.17) is 9.84 Å². The van der Waals surface area contributed by atoms with Gasteiger partial charge in [0, 0.05) is 54.6 Å². The van der Waals surface area contributed by atoms with Crippen molar-refractivity contribution in [2.24, 2.45) is 0 Å². The molecule has 2 aromatic heterocycles. The fourth-order valence-electron chi connectivity index (χ4n) is 4.23. The van der Waals surface area contributed by atoms with Gasteiger partial charge in [-0.3, -0.25) is 4.98 Å². The number of hydrogen-bond acceptors (Lipinski definition) is 4. The lowest BCUT2D eigenvalue weighted by Gasteiger charge is -2.26. The fraction of sp³-hybridized carbons (Fsp3) is 0.333. The highest BCUT2D eigenvalue weighted by molar-refractivity contribution is 5.86. The topological polar surface area (TPSA) is 67.6 Å². The minimum Gasteiger partial charge on any atom is -0.478 e. The summed E-state index contributed by atoms with van der Waals surface area (Å²) < 4.78 is 8.52. The molecule has 0 saturated carbocycles. The molecule has 3 heterocycles. The summed E-state index contributed by atoms with van der Waals surface area (Å²) in [5, 5.41) is 10.2. The Morgan fingerprint density at radius 1 is 1.30 bits per heavy atom. The van der Waals surface area contributed by atoms with Gasteiger partial charge < -0.3 is 19.3 Å². The summed E-state index contributed by atoms with van der Waals surface area (Å²) in [5.41, 5.74) is 6.30. The first-order valence-electron chi connectivity index (χ1n) is 10.2. The largest absolute Gasteiger partial charge is 0.478 e. The van der Waals surface area contributed by atoms with Crippen LogP contribution >= 0.6 is 0 Å². The number of nitrogens with zero attached hydrogens (tertiary/aromatic N) is 3. The first-order valence-corrected chi connectivity index (χ1v) is 10.2. The minimum absolute atomic E-state index is 0.202. The van der Waals surface area contributed by atoms with Crippen molar-refractivity contribution in [3.63, 3.8) is 0 Å². The minimum atomic E-state index is -0.968. The summed E-state index contributed by atoms with van der Waals surface area (Å²) in [4.78, 5) is 17.3. The molecule has 1 unspecified atom stereocenters. The van der Waals surface area contributed by atoms with Crippen LogP contribution in [0.3, 0.4) is 0 Å². The van der Waals surface area contributed by atoms with Gasteiger partial charge in [0.05, 0.1) is 13.2 Å². The predicted octanol–water partition coefficient (Wildman–Crippen LogP) is 3.73. The zero-order valence-corrected chi connectivity index (χ0v) is 17.4. The summed E-state index contributed by atoms with van der Waals surface area (Å²) in [6, 6.07) is 10.6. The Morgan fingerprint density at radius 2 is 2.10 bits per heavy atom. The van der Waals surface area contributed by atoms with Gasteiger partial charge in [0.2, 0.25) is 0 Å². The molecule has 1 N–H and O–H groups in total. The van der Waals surface area contributed by atoms with Gasteiger partial charge in [-0.15, -0.1) is 0 Å². The van der Waals surface area contributed by atoms with E-state index in [1.54, 1.807) is 12.4 Å². The number of hydrogen-bond donors (Lipinski definition) is 1. The molecule has 0 fully saturated rings. The SMILES string of the molecule is Cc1ccc2c(c1)c1c(n2CC(OCC=CC(=O)O)c2ccncc2)CCN(C)C1. The number of likely N-dealkylation sites (N-methyl/N-ethyl adjacent to an activating group) is 1. The Labute approximate surface area is 176 Å². The number of carbonyl (C=O) groups is 1. The van der Waals surface area contributed by atoms with Crippen molar-refractivity contribution in [2.45, 2.75) is 32.5 Å². The van der Waals surface area contributed by atoms with Gasteiger partial charge in [0.1, 0.15) is 6.10 Å². The predicted molar refractivity (Wildman–Crippen MR) is 116 cm³/mol. The Bertz CT molecular complexity index is 1070. The van der Waals surface area contributed by atoms with E-state index < -0.39 is 5.97 Å². The zero-order chi connectivity index (χ0) is 21.1. The molecule has 0 radical (unpaired) electrons. The third kappa shape index (κ3) is 4.30. The number of fused-ring (bicyclic) bond motifs is 3. The molecule has 0 spiro atoms. The second-order valence-corrected chi connectivity index (χ2v) is 7.89. The first kappa shape index (κ1) is 20.3. The number of carboxylic acid groups (broad SMARTS) is 1. The molecule has 1 atom stereocenters. The van der Waals surface area contributed by atoms with Crippen molar-refractivity contribution < 1.29 is 14.6 Å². The van der Waals surface area contributed by atoms with Gasteiger partial charge in [-0.05, 0) is 49.4 Å². The molecule has 6 nitrogen and oxygen atoms in total. The summed E-state index contributed by atoms with van der Waals surface area (Å²) in [6.45, 7) is 5.02. The van der Waals surface area contributed by atoms with E-state index >= 15 is 0 Å². The molecular weight excluding hydrogens is 378 g/mol. The van der Waals surface area contributed by atoms with Gasteiger partial charge in [-0.25, -0.2) is 4.79 Å². The van der Waals surface area contributed by atoms with Crippen molar-refractivity contribution >= 4 is 16.9 Å². The van der Waals surface area contributed by atoms with Crippen LogP contribution in [0.2, 0.25) is 0 Å². The molecule has 4 rings (SSSR count). The van der Waals surface area contributed by atoms with Crippen LogP contribution in [0.1, 0.15) is 28.5 Å². The number of carboxylic acids is 1. The number of ether oxygens (including phenoxy) is 1. The van der Waals surface area contributed by atoms with E-state index in [2.05, 4.69) is 46.6 Å². The average Bonchev–Trinajstić information content (AvgIpc) is 3.02. The summed E-state index contributed by atoms with van der Waals surface area (Å²) >= 11 is 0. The zero-order valence-electron chi connectivity index (χ0n) is 17.4. The number of rotatable bonds is 7. The number of aryl methyl sites for hydroxylation is 1. The quantitative estimate of drug-likeness (QED) is 0.607. The molecule has 0 aliphatic carbocycles. The molecule has 156 valence electrons. The second-order valence-electron chi connectivity index (χ2n) is 7.89. The molecule has 1 aliphatic rings. The fourth-order valence-corrected chi connectivity index (χ4v) is 4.23. The maximum atomic E-state index is 10.8. The van der Waals surface area contributed by atoms with Crippen LogP contribution in [0.4, 0.5) is 0 Å². The highest BCUT2D eigenvalue weighted by atomic mass is 16.5. The van der Waals surface area contributed by atoms with Gasteiger partial charge in [0.25, 0.3) is 0 Å². The molecular formula is C24H27N3O3. The monoisotopic (exact) mass is 405 g/mol. The molecule has 1 aromatic carbocycles. The number of aromatic nitrogens is 2.